The number of benzene rings is 2. The molecule has 2 N–H and O–H groups in total. The van der Waals surface area contributed by atoms with Crippen molar-refractivity contribution in [2.45, 2.75) is 0 Å². The Hall–Kier alpha value is -2.76. The zero-order chi connectivity index (χ0) is 14.1. The van der Waals surface area contributed by atoms with Gasteiger partial charge in [-0.05, 0) is 18.2 Å². The van der Waals surface area contributed by atoms with Gasteiger partial charge in [0.2, 0.25) is 0 Å². The number of fused-ring (bicyclic) bond motifs is 1. The first kappa shape index (κ1) is 12.3. The molecule has 0 radical (unpaired) electrons. The van der Waals surface area contributed by atoms with Gasteiger partial charge in [-0.2, -0.15) is 5.10 Å². The Morgan fingerprint density at radius 3 is 2.75 bits per heavy atom. The molecule has 3 aromatic rings. The van der Waals surface area contributed by atoms with Crippen molar-refractivity contribution in [1.29, 1.82) is 0 Å². The van der Waals surface area contributed by atoms with Crippen molar-refractivity contribution in [2.75, 3.05) is 5.32 Å². The van der Waals surface area contributed by atoms with Crippen molar-refractivity contribution in [1.82, 2.24) is 10.2 Å². The van der Waals surface area contributed by atoms with Crippen LogP contribution < -0.4 is 5.32 Å². The molecule has 20 heavy (non-hydrogen) atoms. The number of carbonyl (C=O) groups is 1. The first-order valence-corrected chi connectivity index (χ1v) is 5.84. The van der Waals surface area contributed by atoms with Gasteiger partial charge in [-0.3, -0.25) is 9.89 Å². The summed E-state index contributed by atoms with van der Waals surface area (Å²) >= 11 is 0. The number of hydrogen-bond donors (Lipinski definition) is 2. The highest BCUT2D eigenvalue weighted by Crippen LogP contribution is 2.19. The molecule has 0 aliphatic heterocycles. The van der Waals surface area contributed by atoms with E-state index >= 15 is 0 Å². The second-order valence-corrected chi connectivity index (χ2v) is 4.20. The van der Waals surface area contributed by atoms with Gasteiger partial charge in [0.25, 0.3) is 5.91 Å². The van der Waals surface area contributed by atoms with Crippen molar-refractivity contribution < 1.29 is 13.6 Å². The fourth-order valence-corrected chi connectivity index (χ4v) is 1.91. The summed E-state index contributed by atoms with van der Waals surface area (Å²) in [5, 5.41) is 9.62. The first-order valence-electron chi connectivity index (χ1n) is 5.84. The molecule has 0 unspecified atom stereocenters. The minimum atomic E-state index is -0.835. The van der Waals surface area contributed by atoms with Crippen LogP contribution >= 0.6 is 0 Å². The van der Waals surface area contributed by atoms with Crippen molar-refractivity contribution in [3.05, 3.63) is 59.8 Å². The Labute approximate surface area is 112 Å². The molecule has 0 saturated carbocycles. The largest absolute Gasteiger partial charge is 0.318 e. The Morgan fingerprint density at radius 1 is 1.15 bits per heavy atom. The Morgan fingerprint density at radius 2 is 1.95 bits per heavy atom. The van der Waals surface area contributed by atoms with Crippen LogP contribution in [0.1, 0.15) is 10.5 Å². The van der Waals surface area contributed by atoms with Crippen LogP contribution in [0.25, 0.3) is 10.9 Å². The zero-order valence-corrected chi connectivity index (χ0v) is 10.2. The summed E-state index contributed by atoms with van der Waals surface area (Å²) in [4.78, 5) is 12.1. The fraction of sp³-hybridized carbons (Fsp3) is 0. The van der Waals surface area contributed by atoms with E-state index in [2.05, 4.69) is 15.5 Å². The molecule has 0 saturated heterocycles. The molecule has 2 aromatic carbocycles. The Balaban J connectivity index is 1.93. The highest BCUT2D eigenvalue weighted by atomic mass is 19.1. The summed E-state index contributed by atoms with van der Waals surface area (Å²) in [5.41, 5.74) is 0.769. The maximum atomic E-state index is 13.5. The topological polar surface area (TPSA) is 57.8 Å². The summed E-state index contributed by atoms with van der Waals surface area (Å²) in [5.74, 6) is -2.10. The number of anilines is 1. The van der Waals surface area contributed by atoms with Crippen LogP contribution in [-0.4, -0.2) is 16.1 Å². The molecule has 4 nitrogen and oxygen atoms in total. The van der Waals surface area contributed by atoms with Crippen LogP contribution in [0.3, 0.4) is 0 Å². The van der Waals surface area contributed by atoms with Gasteiger partial charge in [0.1, 0.15) is 11.6 Å². The van der Waals surface area contributed by atoms with Crippen LogP contribution in [0.15, 0.2) is 42.5 Å². The molecule has 1 heterocycles. The van der Waals surface area contributed by atoms with Gasteiger partial charge >= 0.3 is 0 Å². The van der Waals surface area contributed by atoms with E-state index in [1.807, 2.05) is 6.07 Å². The van der Waals surface area contributed by atoms with Gasteiger partial charge in [0, 0.05) is 11.5 Å². The molecule has 1 aromatic heterocycles. The third-order valence-corrected chi connectivity index (χ3v) is 2.86. The van der Waals surface area contributed by atoms with Crippen molar-refractivity contribution in [3.8, 4) is 0 Å². The third kappa shape index (κ3) is 2.11. The second-order valence-electron chi connectivity index (χ2n) is 4.20. The van der Waals surface area contributed by atoms with Gasteiger partial charge in [-0.25, -0.2) is 8.78 Å². The summed E-state index contributed by atoms with van der Waals surface area (Å²) in [6.45, 7) is 0. The number of carbonyl (C=O) groups excluding carboxylic acids is 1. The molecule has 0 atom stereocenters. The smallest absolute Gasteiger partial charge is 0.276 e. The molecule has 0 bridgehead atoms. The Kier molecular flexibility index (Phi) is 2.90. The molecule has 3 rings (SSSR count). The monoisotopic (exact) mass is 273 g/mol. The second kappa shape index (κ2) is 4.73. The van der Waals surface area contributed by atoms with Gasteiger partial charge in [-0.15, -0.1) is 0 Å². The average Bonchev–Trinajstić information content (AvgIpc) is 2.86. The number of nitrogens with one attached hydrogen (secondary N) is 2. The minimum Gasteiger partial charge on any atom is -0.318 e. The maximum absolute atomic E-state index is 13.5. The highest BCUT2D eigenvalue weighted by molar-refractivity contribution is 6.11. The quantitative estimate of drug-likeness (QED) is 0.753. The standard InChI is InChI=1S/C14H9F2N3O/c15-8-5-6-12(10(16)7-8)17-14(20)13-9-3-1-2-4-11(9)18-19-13/h1-7H,(H,17,20)(H,18,19). The third-order valence-electron chi connectivity index (χ3n) is 2.86. The lowest BCUT2D eigenvalue weighted by Crippen LogP contribution is -2.14. The maximum Gasteiger partial charge on any atom is 0.276 e. The summed E-state index contributed by atoms with van der Waals surface area (Å²) in [6.07, 6.45) is 0. The van der Waals surface area contributed by atoms with E-state index < -0.39 is 17.5 Å². The summed E-state index contributed by atoms with van der Waals surface area (Å²) < 4.78 is 26.3. The average molecular weight is 273 g/mol. The number of aromatic amines is 1. The SMILES string of the molecule is O=C(Nc1ccc(F)cc1F)c1n[nH]c2ccccc12. The molecule has 6 heteroatoms. The molecule has 0 fully saturated rings. The van der Waals surface area contributed by atoms with Crippen LogP contribution in [0.5, 0.6) is 0 Å². The van der Waals surface area contributed by atoms with E-state index in [1.165, 1.54) is 0 Å². The minimum absolute atomic E-state index is 0.0940. The van der Waals surface area contributed by atoms with Gasteiger partial charge in [-0.1, -0.05) is 18.2 Å². The molecule has 0 aliphatic carbocycles. The van der Waals surface area contributed by atoms with Crippen LogP contribution in [-0.2, 0) is 0 Å². The lowest BCUT2D eigenvalue weighted by Gasteiger charge is -2.04. The normalized spacial score (nSPS) is 10.7. The van der Waals surface area contributed by atoms with Crippen molar-refractivity contribution in [3.63, 3.8) is 0 Å². The lowest BCUT2D eigenvalue weighted by molar-refractivity contribution is 0.102. The predicted molar refractivity (Wildman–Crippen MR) is 70.4 cm³/mol. The van der Waals surface area contributed by atoms with Gasteiger partial charge in [0.05, 0.1) is 11.2 Å². The van der Waals surface area contributed by atoms with E-state index in [4.69, 9.17) is 0 Å². The number of hydrogen-bond acceptors (Lipinski definition) is 2. The predicted octanol–water partition coefficient (Wildman–Crippen LogP) is 3.09. The number of para-hydroxylation sites is 1. The van der Waals surface area contributed by atoms with Gasteiger partial charge < -0.3 is 5.32 Å². The number of nitrogens with zero attached hydrogens (tertiary/aromatic N) is 1. The number of aromatic nitrogens is 2. The molecule has 100 valence electrons. The van der Waals surface area contributed by atoms with E-state index in [0.717, 1.165) is 12.1 Å². The molecular weight excluding hydrogens is 264 g/mol. The summed E-state index contributed by atoms with van der Waals surface area (Å²) in [7, 11) is 0. The van der Waals surface area contributed by atoms with Crippen LogP contribution in [0.2, 0.25) is 0 Å². The van der Waals surface area contributed by atoms with Crippen LogP contribution in [0.4, 0.5) is 14.5 Å². The van der Waals surface area contributed by atoms with Gasteiger partial charge in [0.15, 0.2) is 5.69 Å². The van der Waals surface area contributed by atoms with E-state index in [9.17, 15) is 13.6 Å². The molecule has 1 amide bonds. The molecule has 0 aliphatic rings. The molecule has 0 spiro atoms. The zero-order valence-electron chi connectivity index (χ0n) is 10.2. The van der Waals surface area contributed by atoms with E-state index in [1.54, 1.807) is 18.2 Å². The number of H-pyrrole nitrogens is 1. The van der Waals surface area contributed by atoms with Crippen molar-refractivity contribution in [2.24, 2.45) is 0 Å². The lowest BCUT2D eigenvalue weighted by atomic mass is 10.2. The van der Waals surface area contributed by atoms with E-state index in [0.29, 0.717) is 17.0 Å². The number of halogens is 2. The van der Waals surface area contributed by atoms with Crippen molar-refractivity contribution >= 4 is 22.5 Å². The highest BCUT2D eigenvalue weighted by Gasteiger charge is 2.15. The summed E-state index contributed by atoms with van der Waals surface area (Å²) in [6, 6.07) is 10.0. The molecular formula is C14H9F2N3O. The fourth-order valence-electron chi connectivity index (χ4n) is 1.91. The first-order chi connectivity index (χ1) is 9.65. The van der Waals surface area contributed by atoms with Crippen LogP contribution in [0, 0.1) is 11.6 Å². The number of rotatable bonds is 2. The number of amides is 1. The Bertz CT molecular complexity index is 798. The van der Waals surface area contributed by atoms with E-state index in [-0.39, 0.29) is 11.4 Å².